The smallest absolute Gasteiger partial charge is 0.319 e. The van der Waals surface area contributed by atoms with E-state index in [0.29, 0.717) is 34.9 Å². The van der Waals surface area contributed by atoms with Crippen molar-refractivity contribution in [1.29, 1.82) is 0 Å². The van der Waals surface area contributed by atoms with E-state index in [1.165, 1.54) is 0 Å². The van der Waals surface area contributed by atoms with Crippen LogP contribution in [0, 0.1) is 0 Å². The van der Waals surface area contributed by atoms with Crippen molar-refractivity contribution in [1.82, 2.24) is 10.6 Å². The number of nitrogens with one attached hydrogen (secondary N) is 2. The zero-order valence-electron chi connectivity index (χ0n) is 15.1. The summed E-state index contributed by atoms with van der Waals surface area (Å²) in [5.41, 5.74) is 7.92. The number of allylic oxidation sites excluding steroid dienone is 1. The van der Waals surface area contributed by atoms with Gasteiger partial charge >= 0.3 is 6.03 Å². The molecule has 2 aromatic rings. The minimum absolute atomic E-state index is 0.300. The van der Waals surface area contributed by atoms with Gasteiger partial charge in [0, 0.05) is 5.70 Å². The first-order valence-electron chi connectivity index (χ1n) is 8.42. The molecule has 0 aromatic heterocycles. The minimum atomic E-state index is -0.666. The summed E-state index contributed by atoms with van der Waals surface area (Å²) < 4.78 is 11.3. The Morgan fingerprint density at radius 3 is 2.56 bits per heavy atom. The zero-order valence-corrected chi connectivity index (χ0v) is 15.1. The number of nitrogens with two attached hydrogens (primary N) is 1. The summed E-state index contributed by atoms with van der Waals surface area (Å²) >= 11 is 0. The van der Waals surface area contributed by atoms with Crippen LogP contribution in [-0.4, -0.2) is 19.0 Å². The van der Waals surface area contributed by atoms with Crippen LogP contribution in [0.2, 0.25) is 0 Å². The maximum absolute atomic E-state index is 11.9. The fourth-order valence-corrected chi connectivity index (χ4v) is 2.99. The third-order valence-corrected chi connectivity index (χ3v) is 4.29. The van der Waals surface area contributed by atoms with Crippen LogP contribution in [0.4, 0.5) is 4.79 Å². The lowest BCUT2D eigenvalue weighted by molar-refractivity contribution is -0.115. The summed E-state index contributed by atoms with van der Waals surface area (Å²) in [4.78, 5) is 23.8. The van der Waals surface area contributed by atoms with Crippen molar-refractivity contribution in [2.24, 2.45) is 5.73 Å². The highest BCUT2D eigenvalue weighted by Crippen LogP contribution is 2.34. The summed E-state index contributed by atoms with van der Waals surface area (Å²) in [6.07, 6.45) is 0. The van der Waals surface area contributed by atoms with E-state index in [4.69, 9.17) is 15.2 Å². The molecule has 0 fully saturated rings. The summed E-state index contributed by atoms with van der Waals surface area (Å²) in [5, 5.41) is 5.29. The van der Waals surface area contributed by atoms with Crippen molar-refractivity contribution in [3.8, 4) is 11.5 Å². The lowest BCUT2D eigenvalue weighted by atomic mass is 9.95. The number of urea groups is 1. The Morgan fingerprint density at radius 2 is 1.89 bits per heavy atom. The molecule has 3 amide bonds. The van der Waals surface area contributed by atoms with E-state index in [9.17, 15) is 9.59 Å². The molecule has 0 spiro atoms. The monoisotopic (exact) mass is 367 g/mol. The molecule has 1 aliphatic rings. The number of hydrogen-bond donors (Lipinski definition) is 3. The van der Waals surface area contributed by atoms with Crippen LogP contribution in [0.15, 0.2) is 59.8 Å². The fourth-order valence-electron chi connectivity index (χ4n) is 2.99. The predicted octanol–water partition coefficient (Wildman–Crippen LogP) is 2.39. The van der Waals surface area contributed by atoms with E-state index in [0.717, 1.165) is 5.56 Å². The van der Waals surface area contributed by atoms with Gasteiger partial charge in [-0.2, -0.15) is 0 Å². The molecule has 7 heteroatoms. The van der Waals surface area contributed by atoms with Gasteiger partial charge in [0.05, 0.1) is 18.7 Å². The lowest BCUT2D eigenvalue weighted by Crippen LogP contribution is -2.46. The highest BCUT2D eigenvalue weighted by molar-refractivity contribution is 5.97. The Morgan fingerprint density at radius 1 is 1.15 bits per heavy atom. The molecule has 4 N–H and O–H groups in total. The van der Waals surface area contributed by atoms with Crippen LogP contribution in [0.25, 0.3) is 0 Å². The van der Waals surface area contributed by atoms with Gasteiger partial charge in [-0.05, 0) is 30.2 Å². The van der Waals surface area contributed by atoms with Gasteiger partial charge in [-0.25, -0.2) is 4.79 Å². The molecule has 0 saturated carbocycles. The van der Waals surface area contributed by atoms with Crippen molar-refractivity contribution in [2.75, 3.05) is 7.11 Å². The Hall–Kier alpha value is -3.48. The van der Waals surface area contributed by atoms with Gasteiger partial charge in [0.25, 0.3) is 0 Å². The number of amides is 3. The summed E-state index contributed by atoms with van der Waals surface area (Å²) in [6, 6.07) is 13.9. The van der Waals surface area contributed by atoms with E-state index in [1.54, 1.807) is 32.2 Å². The molecule has 27 heavy (non-hydrogen) atoms. The molecule has 2 aromatic carbocycles. The van der Waals surface area contributed by atoms with E-state index >= 15 is 0 Å². The quantitative estimate of drug-likeness (QED) is 0.729. The van der Waals surface area contributed by atoms with E-state index in [-0.39, 0.29) is 0 Å². The Labute approximate surface area is 157 Å². The second-order valence-corrected chi connectivity index (χ2v) is 6.12. The van der Waals surface area contributed by atoms with E-state index in [2.05, 4.69) is 10.6 Å². The number of carbonyl (C=O) groups excluding carboxylic acids is 2. The van der Waals surface area contributed by atoms with Crippen LogP contribution in [0.1, 0.15) is 24.1 Å². The summed E-state index contributed by atoms with van der Waals surface area (Å²) in [5.74, 6) is 0.456. The number of methoxy groups -OCH3 is 1. The van der Waals surface area contributed by atoms with Gasteiger partial charge in [0.15, 0.2) is 11.5 Å². The van der Waals surface area contributed by atoms with E-state index in [1.807, 2.05) is 30.3 Å². The van der Waals surface area contributed by atoms with Gasteiger partial charge in [-0.15, -0.1) is 0 Å². The average molecular weight is 367 g/mol. The van der Waals surface area contributed by atoms with Gasteiger partial charge in [0.2, 0.25) is 5.91 Å². The second kappa shape index (κ2) is 7.82. The number of benzene rings is 2. The van der Waals surface area contributed by atoms with E-state index < -0.39 is 18.0 Å². The van der Waals surface area contributed by atoms with Crippen molar-refractivity contribution < 1.29 is 19.1 Å². The number of hydrogen-bond acceptors (Lipinski definition) is 4. The second-order valence-electron chi connectivity index (χ2n) is 6.12. The summed E-state index contributed by atoms with van der Waals surface area (Å²) in [7, 11) is 1.55. The molecule has 0 radical (unpaired) electrons. The molecule has 1 unspecified atom stereocenters. The molecule has 0 bridgehead atoms. The topological polar surface area (TPSA) is 103 Å². The first-order chi connectivity index (χ1) is 13.0. The SMILES string of the molecule is COc1ccc(C2NC(=O)NC(C)=C2C(N)=O)cc1OCc1ccccc1. The normalized spacial score (nSPS) is 16.4. The number of primary amides is 1. The predicted molar refractivity (Wildman–Crippen MR) is 100 cm³/mol. The van der Waals surface area contributed by atoms with Crippen molar-refractivity contribution in [3.05, 3.63) is 70.9 Å². The molecular formula is C20H21N3O4. The Bertz CT molecular complexity index is 893. The van der Waals surface area contributed by atoms with Crippen LogP contribution in [-0.2, 0) is 11.4 Å². The molecule has 3 rings (SSSR count). The van der Waals surface area contributed by atoms with Gasteiger partial charge < -0.3 is 25.8 Å². The molecule has 1 heterocycles. The number of carbonyl (C=O) groups is 2. The van der Waals surface area contributed by atoms with Crippen LogP contribution in [0.5, 0.6) is 11.5 Å². The fraction of sp³-hybridized carbons (Fsp3) is 0.200. The molecule has 0 aliphatic carbocycles. The lowest BCUT2D eigenvalue weighted by Gasteiger charge is -2.28. The molecule has 0 saturated heterocycles. The van der Waals surface area contributed by atoms with Gasteiger partial charge in [0.1, 0.15) is 6.61 Å². The van der Waals surface area contributed by atoms with Crippen molar-refractivity contribution in [2.45, 2.75) is 19.6 Å². The standard InChI is InChI=1S/C20H21N3O4/c1-12-17(19(21)24)18(23-20(25)22-12)14-8-9-15(26-2)16(10-14)27-11-13-6-4-3-5-7-13/h3-10,18H,11H2,1-2H3,(H2,21,24)(H2,22,23,25). The maximum Gasteiger partial charge on any atom is 0.319 e. The van der Waals surface area contributed by atoms with Gasteiger partial charge in [-0.3, -0.25) is 4.79 Å². The first-order valence-corrected chi connectivity index (χ1v) is 8.42. The molecule has 1 aliphatic heterocycles. The van der Waals surface area contributed by atoms with Crippen LogP contribution < -0.4 is 25.8 Å². The molecule has 140 valence electrons. The highest BCUT2D eigenvalue weighted by Gasteiger charge is 2.30. The van der Waals surface area contributed by atoms with Crippen molar-refractivity contribution in [3.63, 3.8) is 0 Å². The zero-order chi connectivity index (χ0) is 19.4. The minimum Gasteiger partial charge on any atom is -0.493 e. The molecular weight excluding hydrogens is 346 g/mol. The average Bonchev–Trinajstić information content (AvgIpc) is 2.66. The Kier molecular flexibility index (Phi) is 5.30. The molecule has 1 atom stereocenters. The maximum atomic E-state index is 11.9. The third-order valence-electron chi connectivity index (χ3n) is 4.29. The van der Waals surface area contributed by atoms with Crippen LogP contribution in [0.3, 0.4) is 0 Å². The molecule has 7 nitrogen and oxygen atoms in total. The Balaban J connectivity index is 1.93. The number of rotatable bonds is 6. The van der Waals surface area contributed by atoms with Crippen LogP contribution >= 0.6 is 0 Å². The number of ether oxygens (including phenoxy) is 2. The largest absolute Gasteiger partial charge is 0.493 e. The first kappa shape index (κ1) is 18.3. The van der Waals surface area contributed by atoms with Gasteiger partial charge in [-0.1, -0.05) is 36.4 Å². The third kappa shape index (κ3) is 4.03. The van der Waals surface area contributed by atoms with Crippen molar-refractivity contribution >= 4 is 11.9 Å². The highest BCUT2D eigenvalue weighted by atomic mass is 16.5. The summed E-state index contributed by atoms with van der Waals surface area (Å²) in [6.45, 7) is 2.00.